The van der Waals surface area contributed by atoms with Gasteiger partial charge in [0, 0.05) is 17.4 Å². The van der Waals surface area contributed by atoms with E-state index in [1.807, 2.05) is 13.0 Å². The number of hydrogen-bond donors (Lipinski definition) is 1. The van der Waals surface area contributed by atoms with Gasteiger partial charge in [-0.3, -0.25) is 4.79 Å². The second-order valence-corrected chi connectivity index (χ2v) is 11.4. The summed E-state index contributed by atoms with van der Waals surface area (Å²) in [6.45, 7) is 8.70. The molecule has 0 radical (unpaired) electrons. The van der Waals surface area contributed by atoms with Gasteiger partial charge in [0.25, 0.3) is 0 Å². The van der Waals surface area contributed by atoms with Crippen LogP contribution in [0.15, 0.2) is 54.9 Å². The summed E-state index contributed by atoms with van der Waals surface area (Å²) in [6, 6.07) is 3.48. The monoisotopic (exact) mass is 552 g/mol. The highest BCUT2D eigenvalue weighted by atomic mass is 16.5. The Morgan fingerprint density at radius 2 is 1.82 bits per heavy atom. The average molecular weight is 553 g/mol. The fourth-order valence-corrected chi connectivity index (χ4v) is 6.83. The van der Waals surface area contributed by atoms with Crippen LogP contribution in [0.25, 0.3) is 6.08 Å². The maximum atomic E-state index is 12.8. The van der Waals surface area contributed by atoms with Gasteiger partial charge in [-0.1, -0.05) is 38.2 Å². The van der Waals surface area contributed by atoms with Gasteiger partial charge >= 0.3 is 11.9 Å². The van der Waals surface area contributed by atoms with Crippen LogP contribution in [0.2, 0.25) is 0 Å². The zero-order chi connectivity index (χ0) is 29.1. The fraction of sp³-hybridized carbons (Fsp3) is 0.500. The van der Waals surface area contributed by atoms with Crippen LogP contribution in [0, 0.1) is 28.6 Å². The molecule has 8 heteroatoms. The number of cyclic esters (lactones) is 1. The summed E-state index contributed by atoms with van der Waals surface area (Å²) >= 11 is 0. The van der Waals surface area contributed by atoms with E-state index in [0.717, 1.165) is 24.8 Å². The van der Waals surface area contributed by atoms with Crippen molar-refractivity contribution in [2.45, 2.75) is 45.6 Å². The highest BCUT2D eigenvalue weighted by molar-refractivity contribution is 5.87. The van der Waals surface area contributed by atoms with Crippen molar-refractivity contribution in [2.75, 3.05) is 27.9 Å². The number of aliphatic hydroxyl groups excluding tert-OH is 1. The topological polar surface area (TPSA) is 101 Å². The number of carbonyl (C=O) groups is 2. The molecule has 40 heavy (non-hydrogen) atoms. The largest absolute Gasteiger partial charge is 0.493 e. The zero-order valence-electron chi connectivity index (χ0n) is 24.0. The lowest BCUT2D eigenvalue weighted by atomic mass is 9.46. The number of methoxy groups -OCH3 is 3. The van der Waals surface area contributed by atoms with Crippen molar-refractivity contribution < 1.29 is 38.4 Å². The molecule has 1 N–H and O–H groups in total. The molecule has 4 rings (SSSR count). The molecular formula is C32H40O8. The predicted octanol–water partition coefficient (Wildman–Crippen LogP) is 5.26. The minimum absolute atomic E-state index is 0.0375. The molecule has 0 amide bonds. The second-order valence-electron chi connectivity index (χ2n) is 11.4. The van der Waals surface area contributed by atoms with Crippen molar-refractivity contribution >= 4 is 18.0 Å². The molecule has 0 aromatic heterocycles. The molecule has 3 aliphatic rings. The summed E-state index contributed by atoms with van der Waals surface area (Å²) in [5.74, 6) is 0.376. The van der Waals surface area contributed by atoms with Crippen LogP contribution in [0.4, 0.5) is 0 Å². The summed E-state index contributed by atoms with van der Waals surface area (Å²) in [6.07, 6.45) is 12.6. The molecule has 2 unspecified atom stereocenters. The molecule has 0 spiro atoms. The molecule has 0 saturated heterocycles. The van der Waals surface area contributed by atoms with Crippen molar-refractivity contribution in [3.8, 4) is 17.2 Å². The lowest BCUT2D eigenvalue weighted by Gasteiger charge is -2.59. The van der Waals surface area contributed by atoms with Gasteiger partial charge < -0.3 is 28.8 Å². The van der Waals surface area contributed by atoms with Crippen LogP contribution in [0.3, 0.4) is 0 Å². The smallest absolute Gasteiger partial charge is 0.330 e. The first-order valence-corrected chi connectivity index (χ1v) is 13.6. The van der Waals surface area contributed by atoms with Gasteiger partial charge in [0.05, 0.1) is 46.2 Å². The fourth-order valence-electron chi connectivity index (χ4n) is 6.83. The Bertz CT molecular complexity index is 1200. The van der Waals surface area contributed by atoms with Gasteiger partial charge in [0.15, 0.2) is 11.5 Å². The van der Waals surface area contributed by atoms with Crippen LogP contribution in [0.1, 0.15) is 45.1 Å². The van der Waals surface area contributed by atoms with Gasteiger partial charge in [0.2, 0.25) is 5.75 Å². The summed E-state index contributed by atoms with van der Waals surface area (Å²) in [5, 5.41) is 11.2. The Balaban J connectivity index is 1.49. The minimum atomic E-state index is -0.637. The number of rotatable bonds is 9. The van der Waals surface area contributed by atoms with E-state index in [1.165, 1.54) is 33.7 Å². The number of esters is 2. The Kier molecular flexibility index (Phi) is 8.78. The number of hydrogen-bond acceptors (Lipinski definition) is 8. The van der Waals surface area contributed by atoms with E-state index in [9.17, 15) is 14.7 Å². The highest BCUT2D eigenvalue weighted by Gasteiger charge is 2.57. The summed E-state index contributed by atoms with van der Waals surface area (Å²) in [5.41, 5.74) is 0.964. The minimum Gasteiger partial charge on any atom is -0.493 e. The normalized spacial score (nSPS) is 31.8. The molecule has 2 aliphatic carbocycles. The Morgan fingerprint density at radius 3 is 2.42 bits per heavy atom. The number of carbonyl (C=O) groups excluding carboxylic acids is 2. The third-order valence-electron chi connectivity index (χ3n) is 9.09. The first-order chi connectivity index (χ1) is 19.1. The summed E-state index contributed by atoms with van der Waals surface area (Å²) < 4.78 is 26.8. The first-order valence-electron chi connectivity index (χ1n) is 13.6. The van der Waals surface area contributed by atoms with Crippen molar-refractivity contribution in [1.29, 1.82) is 0 Å². The van der Waals surface area contributed by atoms with Gasteiger partial charge in [-0.15, -0.1) is 0 Å². The highest BCUT2D eigenvalue weighted by Crippen LogP contribution is 2.61. The maximum Gasteiger partial charge on any atom is 0.330 e. The molecule has 1 aromatic rings. The van der Waals surface area contributed by atoms with Crippen LogP contribution < -0.4 is 14.2 Å². The molecule has 2 saturated carbocycles. The molecule has 2 fully saturated rings. The van der Waals surface area contributed by atoms with Crippen LogP contribution in [-0.4, -0.2) is 51.1 Å². The van der Waals surface area contributed by atoms with E-state index in [2.05, 4.69) is 19.6 Å². The molecule has 1 aromatic carbocycles. The zero-order valence-corrected chi connectivity index (χ0v) is 24.0. The van der Waals surface area contributed by atoms with Crippen molar-refractivity contribution in [1.82, 2.24) is 0 Å². The van der Waals surface area contributed by atoms with Crippen molar-refractivity contribution in [3.05, 3.63) is 60.4 Å². The van der Waals surface area contributed by atoms with Gasteiger partial charge in [-0.2, -0.15) is 0 Å². The third kappa shape index (κ3) is 5.55. The van der Waals surface area contributed by atoms with Gasteiger partial charge in [-0.05, 0) is 66.9 Å². The Hall–Kier alpha value is -3.52. The number of ether oxygens (including phenoxy) is 5. The maximum absolute atomic E-state index is 12.8. The van der Waals surface area contributed by atoms with Crippen LogP contribution >= 0.6 is 0 Å². The van der Waals surface area contributed by atoms with Crippen molar-refractivity contribution in [3.63, 3.8) is 0 Å². The molecule has 6 atom stereocenters. The van der Waals surface area contributed by atoms with E-state index in [4.69, 9.17) is 23.7 Å². The van der Waals surface area contributed by atoms with E-state index in [-0.39, 0.29) is 29.8 Å². The molecule has 0 bridgehead atoms. The molecular weight excluding hydrogens is 512 g/mol. The van der Waals surface area contributed by atoms with Gasteiger partial charge in [0.1, 0.15) is 0 Å². The lowest BCUT2D eigenvalue weighted by molar-refractivity contribution is -0.168. The van der Waals surface area contributed by atoms with E-state index in [1.54, 1.807) is 24.3 Å². The standard InChI is InChI=1S/C32H40O8/c1-20-7-11-26-31(2,23(20)10-9-22-14-16-39-30(22)35)15-13-27(33)32(26,3)19-40-28(34)12-8-21-17-24(36-4)29(38-6)25(18-21)37-5/h8-10,12,14,16-18,22-23,26-27,33H,1,7,11,13,15,19H2,2-6H3/b10-9+,12-8+/t22?,23-,26?,27-,31+,32+/m1/s1. The summed E-state index contributed by atoms with van der Waals surface area (Å²) in [4.78, 5) is 24.8. The molecule has 8 nitrogen and oxygen atoms in total. The quantitative estimate of drug-likeness (QED) is 0.252. The summed E-state index contributed by atoms with van der Waals surface area (Å²) in [7, 11) is 4.59. The number of fused-ring (bicyclic) bond motifs is 1. The molecule has 1 aliphatic heterocycles. The van der Waals surface area contributed by atoms with E-state index in [0.29, 0.717) is 29.2 Å². The van der Waals surface area contributed by atoms with Crippen molar-refractivity contribution in [2.24, 2.45) is 28.6 Å². The first kappa shape index (κ1) is 29.5. The third-order valence-corrected chi connectivity index (χ3v) is 9.09. The molecule has 1 heterocycles. The van der Waals surface area contributed by atoms with Gasteiger partial charge in [-0.25, -0.2) is 4.79 Å². The average Bonchev–Trinajstić information content (AvgIpc) is 3.36. The number of allylic oxidation sites excluding steroid dienone is 2. The van der Waals surface area contributed by atoms with E-state index < -0.39 is 23.4 Å². The lowest BCUT2D eigenvalue weighted by Crippen LogP contribution is -2.57. The van der Waals surface area contributed by atoms with Crippen LogP contribution in [-0.2, 0) is 19.1 Å². The Labute approximate surface area is 236 Å². The number of benzene rings is 1. The molecule has 216 valence electrons. The van der Waals surface area contributed by atoms with E-state index >= 15 is 0 Å². The Morgan fingerprint density at radius 1 is 1.12 bits per heavy atom. The van der Waals surface area contributed by atoms with Crippen LogP contribution in [0.5, 0.6) is 17.2 Å². The number of aliphatic hydroxyl groups is 1. The SMILES string of the molecule is C=C1CCC2[C@](C)(COC(=O)/C=C/c3cc(OC)c(OC)c(OC)c3)[C@H](O)CC[C@@]2(C)[C@@H]1/C=C/C1C=COC1=O. The second kappa shape index (κ2) is 11.9. The predicted molar refractivity (Wildman–Crippen MR) is 151 cm³/mol.